The summed E-state index contributed by atoms with van der Waals surface area (Å²) in [6, 6.07) is 14.3. The molecule has 2 aromatic heterocycles. The van der Waals surface area contributed by atoms with Crippen LogP contribution in [0.2, 0.25) is 0 Å². The fraction of sp³-hybridized carbons (Fsp3) is 0.167. The highest BCUT2D eigenvalue weighted by molar-refractivity contribution is 5.93. The van der Waals surface area contributed by atoms with Gasteiger partial charge in [0.15, 0.2) is 5.76 Å². The van der Waals surface area contributed by atoms with E-state index in [4.69, 9.17) is 9.52 Å². The van der Waals surface area contributed by atoms with Gasteiger partial charge in [0.1, 0.15) is 12.3 Å². The second-order valence-corrected chi connectivity index (χ2v) is 5.51. The molecule has 7 nitrogen and oxygen atoms in total. The van der Waals surface area contributed by atoms with Crippen molar-refractivity contribution >= 4 is 11.9 Å². The number of carbonyl (C=O) groups excluding carboxylic acids is 1. The van der Waals surface area contributed by atoms with Crippen molar-refractivity contribution in [1.29, 1.82) is 0 Å². The summed E-state index contributed by atoms with van der Waals surface area (Å²) in [5, 5.41) is 13.2. The quantitative estimate of drug-likeness (QED) is 0.713. The Bertz CT molecular complexity index is 840. The molecule has 0 saturated carbocycles. The van der Waals surface area contributed by atoms with Gasteiger partial charge < -0.3 is 14.4 Å². The van der Waals surface area contributed by atoms with Crippen molar-refractivity contribution in [2.45, 2.75) is 13.1 Å². The fourth-order valence-corrected chi connectivity index (χ4v) is 2.45. The smallest absolute Gasteiger partial charge is 0.323 e. The third kappa shape index (κ3) is 4.35. The summed E-state index contributed by atoms with van der Waals surface area (Å²) in [4.78, 5) is 25.0. The maximum absolute atomic E-state index is 12.6. The molecule has 0 fully saturated rings. The first-order valence-electron chi connectivity index (χ1n) is 7.73. The Morgan fingerprint density at radius 2 is 1.92 bits per heavy atom. The maximum Gasteiger partial charge on any atom is 0.323 e. The predicted molar refractivity (Wildman–Crippen MR) is 88.9 cm³/mol. The first-order valence-corrected chi connectivity index (χ1v) is 7.73. The molecule has 0 aliphatic heterocycles. The highest BCUT2D eigenvalue weighted by Crippen LogP contribution is 2.14. The summed E-state index contributed by atoms with van der Waals surface area (Å²) in [5.74, 6) is -0.855. The molecule has 2 heterocycles. The minimum Gasteiger partial charge on any atom is -0.480 e. The van der Waals surface area contributed by atoms with Gasteiger partial charge in [-0.2, -0.15) is 5.10 Å². The SMILES string of the molecule is O=C(O)CN(Cc1ccccc1)C(=O)c1ccc(Cn2cccn2)o1. The van der Waals surface area contributed by atoms with Crippen LogP contribution in [0.5, 0.6) is 0 Å². The molecule has 3 rings (SSSR count). The third-order valence-corrected chi connectivity index (χ3v) is 3.58. The van der Waals surface area contributed by atoms with Crippen LogP contribution >= 0.6 is 0 Å². The molecule has 0 aliphatic rings. The molecule has 7 heteroatoms. The molecule has 1 aromatic carbocycles. The molecule has 1 N–H and O–H groups in total. The first kappa shape index (κ1) is 16.5. The van der Waals surface area contributed by atoms with E-state index in [0.717, 1.165) is 5.56 Å². The van der Waals surface area contributed by atoms with Gasteiger partial charge in [-0.15, -0.1) is 0 Å². The van der Waals surface area contributed by atoms with Crippen LogP contribution in [0.3, 0.4) is 0 Å². The number of carboxylic acid groups (broad SMARTS) is 1. The summed E-state index contributed by atoms with van der Waals surface area (Å²) >= 11 is 0. The van der Waals surface area contributed by atoms with Crippen LogP contribution in [0, 0.1) is 0 Å². The van der Waals surface area contributed by atoms with E-state index in [1.165, 1.54) is 4.90 Å². The number of carboxylic acids is 1. The zero-order valence-electron chi connectivity index (χ0n) is 13.4. The Balaban J connectivity index is 1.75. The molecule has 0 unspecified atom stereocenters. The lowest BCUT2D eigenvalue weighted by Gasteiger charge is -2.19. The van der Waals surface area contributed by atoms with Crippen molar-refractivity contribution in [3.63, 3.8) is 0 Å². The number of hydrogen-bond donors (Lipinski definition) is 1. The van der Waals surface area contributed by atoms with E-state index in [-0.39, 0.29) is 12.3 Å². The molecule has 0 spiro atoms. The van der Waals surface area contributed by atoms with Gasteiger partial charge in [-0.3, -0.25) is 14.3 Å². The van der Waals surface area contributed by atoms with E-state index in [9.17, 15) is 9.59 Å². The van der Waals surface area contributed by atoms with E-state index < -0.39 is 18.4 Å². The van der Waals surface area contributed by atoms with Gasteiger partial charge in [0.05, 0.1) is 6.54 Å². The highest BCUT2D eigenvalue weighted by atomic mass is 16.4. The summed E-state index contributed by atoms with van der Waals surface area (Å²) < 4.78 is 7.25. The molecule has 0 saturated heterocycles. The number of carbonyl (C=O) groups is 2. The van der Waals surface area contributed by atoms with Gasteiger partial charge in [0.2, 0.25) is 0 Å². The lowest BCUT2D eigenvalue weighted by atomic mass is 10.2. The summed E-state index contributed by atoms with van der Waals surface area (Å²) in [6.07, 6.45) is 3.44. The average molecular weight is 339 g/mol. The van der Waals surface area contributed by atoms with Gasteiger partial charge in [-0.25, -0.2) is 0 Å². The van der Waals surface area contributed by atoms with Crippen molar-refractivity contribution in [3.05, 3.63) is 78.0 Å². The fourth-order valence-electron chi connectivity index (χ4n) is 2.45. The van der Waals surface area contributed by atoms with Crippen molar-refractivity contribution in [1.82, 2.24) is 14.7 Å². The second-order valence-electron chi connectivity index (χ2n) is 5.51. The number of benzene rings is 1. The first-order chi connectivity index (χ1) is 12.1. The summed E-state index contributed by atoms with van der Waals surface area (Å²) in [7, 11) is 0. The molecule has 25 heavy (non-hydrogen) atoms. The minimum absolute atomic E-state index is 0.110. The van der Waals surface area contributed by atoms with Crippen LogP contribution in [0.15, 0.2) is 65.3 Å². The molecule has 128 valence electrons. The molecular formula is C18H17N3O4. The second kappa shape index (κ2) is 7.48. The van der Waals surface area contributed by atoms with Crippen molar-refractivity contribution in [2.24, 2.45) is 0 Å². The third-order valence-electron chi connectivity index (χ3n) is 3.58. The van der Waals surface area contributed by atoms with E-state index in [0.29, 0.717) is 12.3 Å². The van der Waals surface area contributed by atoms with Gasteiger partial charge in [-0.05, 0) is 23.8 Å². The topological polar surface area (TPSA) is 88.6 Å². The Morgan fingerprint density at radius 1 is 1.12 bits per heavy atom. The minimum atomic E-state index is -1.08. The molecule has 3 aromatic rings. The zero-order valence-corrected chi connectivity index (χ0v) is 13.4. The average Bonchev–Trinajstić information content (AvgIpc) is 3.26. The molecule has 1 amide bonds. The largest absolute Gasteiger partial charge is 0.480 e. The Hall–Kier alpha value is -3.35. The maximum atomic E-state index is 12.6. The number of furan rings is 1. The van der Waals surface area contributed by atoms with Crippen LogP contribution in [-0.4, -0.2) is 38.2 Å². The lowest BCUT2D eigenvalue weighted by Crippen LogP contribution is -2.35. The number of nitrogens with zero attached hydrogens (tertiary/aromatic N) is 3. The highest BCUT2D eigenvalue weighted by Gasteiger charge is 2.22. The summed E-state index contributed by atoms with van der Waals surface area (Å²) in [6.45, 7) is 0.196. The van der Waals surface area contributed by atoms with Gasteiger partial charge in [0, 0.05) is 18.9 Å². The molecular weight excluding hydrogens is 322 g/mol. The van der Waals surface area contributed by atoms with Crippen LogP contribution in [-0.2, 0) is 17.9 Å². The van der Waals surface area contributed by atoms with Gasteiger partial charge in [-0.1, -0.05) is 30.3 Å². The van der Waals surface area contributed by atoms with Crippen LogP contribution in [0.1, 0.15) is 21.9 Å². The zero-order chi connectivity index (χ0) is 17.6. The van der Waals surface area contributed by atoms with Crippen molar-refractivity contribution in [3.8, 4) is 0 Å². The molecule has 0 bridgehead atoms. The van der Waals surface area contributed by atoms with Crippen molar-refractivity contribution < 1.29 is 19.1 Å². The van der Waals surface area contributed by atoms with Crippen molar-refractivity contribution in [2.75, 3.05) is 6.54 Å². The molecule has 0 atom stereocenters. The molecule has 0 radical (unpaired) electrons. The van der Waals surface area contributed by atoms with E-state index in [2.05, 4.69) is 5.10 Å². The van der Waals surface area contributed by atoms with E-state index in [1.54, 1.807) is 35.3 Å². The van der Waals surface area contributed by atoms with Crippen LogP contribution in [0.25, 0.3) is 0 Å². The number of rotatable bonds is 7. The normalized spacial score (nSPS) is 10.6. The molecule has 0 aliphatic carbocycles. The number of amides is 1. The predicted octanol–water partition coefficient (Wildman–Crippen LogP) is 2.25. The lowest BCUT2D eigenvalue weighted by molar-refractivity contribution is -0.137. The Morgan fingerprint density at radius 3 is 2.60 bits per heavy atom. The number of aliphatic carboxylic acids is 1. The summed E-state index contributed by atoms with van der Waals surface area (Å²) in [5.41, 5.74) is 0.848. The van der Waals surface area contributed by atoms with Gasteiger partial charge >= 0.3 is 5.97 Å². The Kier molecular flexibility index (Phi) is 4.94. The monoisotopic (exact) mass is 339 g/mol. The Labute approximate surface area is 144 Å². The number of aromatic nitrogens is 2. The van der Waals surface area contributed by atoms with Crippen LogP contribution in [0.4, 0.5) is 0 Å². The standard InChI is InChI=1S/C18H17N3O4/c22-17(23)13-20(11-14-5-2-1-3-6-14)18(24)16-8-7-15(25-16)12-21-10-4-9-19-21/h1-10H,11-13H2,(H,22,23). The number of hydrogen-bond acceptors (Lipinski definition) is 4. The van der Waals surface area contributed by atoms with Gasteiger partial charge in [0.25, 0.3) is 5.91 Å². The van der Waals surface area contributed by atoms with Crippen LogP contribution < -0.4 is 0 Å². The van der Waals surface area contributed by atoms with E-state index >= 15 is 0 Å². The van der Waals surface area contributed by atoms with E-state index in [1.807, 2.05) is 30.3 Å².